The van der Waals surface area contributed by atoms with Crippen molar-refractivity contribution in [1.82, 2.24) is 5.32 Å². The zero-order valence-electron chi connectivity index (χ0n) is 7.52. The largest absolute Gasteiger partial charge is 0.377 e. The number of hydrogen-bond acceptors (Lipinski definition) is 2. The van der Waals surface area contributed by atoms with E-state index < -0.39 is 0 Å². The molecule has 66 valence electrons. The van der Waals surface area contributed by atoms with Crippen molar-refractivity contribution in [3.63, 3.8) is 0 Å². The predicted octanol–water partition coefficient (Wildman–Crippen LogP) is 0.938. The molecule has 0 spiro atoms. The Morgan fingerprint density at radius 2 is 2.09 bits per heavy atom. The molecule has 1 aliphatic heterocycles. The van der Waals surface area contributed by atoms with E-state index in [-0.39, 0.29) is 11.9 Å². The summed E-state index contributed by atoms with van der Waals surface area (Å²) >= 11 is 0. The molecular weight excluding hydrogens is 142 g/mol. The topological polar surface area (TPSA) is 38.3 Å². The van der Waals surface area contributed by atoms with Crippen LogP contribution in [0.2, 0.25) is 0 Å². The summed E-state index contributed by atoms with van der Waals surface area (Å²) in [7, 11) is 0. The molecule has 0 radical (unpaired) electrons. The van der Waals surface area contributed by atoms with E-state index in [0.29, 0.717) is 19.6 Å². The molecule has 1 aliphatic rings. The molecule has 0 atom stereocenters. The lowest BCUT2D eigenvalue weighted by atomic mass is 10.2. The van der Waals surface area contributed by atoms with Crippen LogP contribution in [0.5, 0.6) is 0 Å². The van der Waals surface area contributed by atoms with Gasteiger partial charge in [0, 0.05) is 6.42 Å². The van der Waals surface area contributed by atoms with Crippen LogP contribution in [0.1, 0.15) is 27.2 Å². The van der Waals surface area contributed by atoms with Gasteiger partial charge in [0.2, 0.25) is 5.91 Å². The Hall–Kier alpha value is -0.570. The van der Waals surface area contributed by atoms with Crippen molar-refractivity contribution in [1.29, 1.82) is 0 Å². The molecule has 11 heavy (non-hydrogen) atoms. The minimum Gasteiger partial charge on any atom is -0.377 e. The van der Waals surface area contributed by atoms with Crippen LogP contribution in [-0.2, 0) is 9.53 Å². The Bertz CT molecular complexity index is 111. The van der Waals surface area contributed by atoms with Crippen LogP contribution < -0.4 is 5.32 Å². The zero-order valence-corrected chi connectivity index (χ0v) is 7.52. The van der Waals surface area contributed by atoms with Crippen LogP contribution in [0.15, 0.2) is 0 Å². The van der Waals surface area contributed by atoms with Crippen LogP contribution in [0.3, 0.4) is 0 Å². The molecule has 1 amide bonds. The summed E-state index contributed by atoms with van der Waals surface area (Å²) in [5.74, 6) is 0.114. The van der Waals surface area contributed by atoms with E-state index in [0.717, 1.165) is 0 Å². The fourth-order valence-corrected chi connectivity index (χ4v) is 0.649. The average molecular weight is 159 g/mol. The monoisotopic (exact) mass is 159 g/mol. The Morgan fingerprint density at radius 3 is 2.36 bits per heavy atom. The molecule has 0 aliphatic carbocycles. The molecule has 3 nitrogen and oxygen atoms in total. The third kappa shape index (κ3) is 3.98. The zero-order chi connectivity index (χ0) is 8.69. The number of carbonyl (C=O) groups excluding carboxylic acids is 1. The van der Waals surface area contributed by atoms with Crippen molar-refractivity contribution < 1.29 is 9.53 Å². The normalized spacial score (nSPS) is 15.9. The molecular formula is C8H17NO2. The molecule has 0 aromatic carbocycles. The fourth-order valence-electron chi connectivity index (χ4n) is 0.649. The molecule has 1 saturated heterocycles. The number of rotatable bonds is 2. The summed E-state index contributed by atoms with van der Waals surface area (Å²) in [6.45, 7) is 7.21. The van der Waals surface area contributed by atoms with Crippen LogP contribution >= 0.6 is 0 Å². The molecule has 1 rings (SSSR count). The molecule has 1 fully saturated rings. The molecule has 1 N–H and O–H groups in total. The van der Waals surface area contributed by atoms with E-state index in [2.05, 4.69) is 5.32 Å². The number of carbonyl (C=O) groups is 1. The van der Waals surface area contributed by atoms with Gasteiger partial charge in [0.05, 0.1) is 19.3 Å². The van der Waals surface area contributed by atoms with Gasteiger partial charge in [-0.1, -0.05) is 20.8 Å². The van der Waals surface area contributed by atoms with E-state index in [4.69, 9.17) is 4.74 Å². The van der Waals surface area contributed by atoms with Gasteiger partial charge in [-0.15, -0.1) is 0 Å². The summed E-state index contributed by atoms with van der Waals surface area (Å²) in [6, 6.07) is 0.289. The lowest BCUT2D eigenvalue weighted by Gasteiger charge is -2.26. The summed E-state index contributed by atoms with van der Waals surface area (Å²) < 4.78 is 4.87. The van der Waals surface area contributed by atoms with Gasteiger partial charge in [-0.05, 0) is 0 Å². The first kappa shape index (κ1) is 10.4. The van der Waals surface area contributed by atoms with Crippen LogP contribution in [0.25, 0.3) is 0 Å². The van der Waals surface area contributed by atoms with Gasteiger partial charge in [-0.3, -0.25) is 4.79 Å². The minimum atomic E-state index is 0.114. The lowest BCUT2D eigenvalue weighted by Crippen LogP contribution is -2.48. The summed E-state index contributed by atoms with van der Waals surface area (Å²) in [5, 5.41) is 2.80. The molecule has 3 heteroatoms. The van der Waals surface area contributed by atoms with Crippen molar-refractivity contribution in [3.8, 4) is 0 Å². The molecule has 0 aromatic heterocycles. The Morgan fingerprint density at radius 1 is 1.55 bits per heavy atom. The highest BCUT2D eigenvalue weighted by Gasteiger charge is 2.18. The van der Waals surface area contributed by atoms with E-state index in [1.807, 2.05) is 20.8 Å². The molecule has 0 unspecified atom stereocenters. The highest BCUT2D eigenvalue weighted by Crippen LogP contribution is 1.98. The second-order valence-corrected chi connectivity index (χ2v) is 2.16. The van der Waals surface area contributed by atoms with E-state index in [1.54, 1.807) is 0 Å². The van der Waals surface area contributed by atoms with Crippen LogP contribution in [0.4, 0.5) is 0 Å². The summed E-state index contributed by atoms with van der Waals surface area (Å²) in [4.78, 5) is 10.6. The quantitative estimate of drug-likeness (QED) is 0.651. The van der Waals surface area contributed by atoms with Crippen LogP contribution in [0, 0.1) is 0 Å². The van der Waals surface area contributed by atoms with Gasteiger partial charge < -0.3 is 10.1 Å². The fraction of sp³-hybridized carbons (Fsp3) is 0.875. The first-order valence-electron chi connectivity index (χ1n) is 4.20. The van der Waals surface area contributed by atoms with Crippen molar-refractivity contribution in [2.75, 3.05) is 13.2 Å². The van der Waals surface area contributed by atoms with Crippen molar-refractivity contribution in [3.05, 3.63) is 0 Å². The van der Waals surface area contributed by atoms with Gasteiger partial charge in [-0.25, -0.2) is 0 Å². The minimum absolute atomic E-state index is 0.114. The van der Waals surface area contributed by atoms with Gasteiger partial charge in [0.15, 0.2) is 0 Å². The highest BCUT2D eigenvalue weighted by atomic mass is 16.5. The third-order valence-electron chi connectivity index (χ3n) is 1.32. The molecule has 0 bridgehead atoms. The van der Waals surface area contributed by atoms with Crippen molar-refractivity contribution in [2.24, 2.45) is 0 Å². The average Bonchev–Trinajstić information content (AvgIpc) is 2.00. The van der Waals surface area contributed by atoms with Crippen molar-refractivity contribution >= 4 is 5.91 Å². The lowest BCUT2D eigenvalue weighted by molar-refractivity contribution is -0.124. The second kappa shape index (κ2) is 6.16. The van der Waals surface area contributed by atoms with E-state index >= 15 is 0 Å². The number of ether oxygens (including phenoxy) is 1. The Labute approximate surface area is 68.1 Å². The van der Waals surface area contributed by atoms with Gasteiger partial charge >= 0.3 is 0 Å². The first-order chi connectivity index (χ1) is 5.33. The summed E-state index contributed by atoms with van der Waals surface area (Å²) in [6.07, 6.45) is 0.566. The maximum atomic E-state index is 10.6. The third-order valence-corrected chi connectivity index (χ3v) is 1.32. The highest BCUT2D eigenvalue weighted by molar-refractivity contribution is 5.75. The maximum absolute atomic E-state index is 10.6. The smallest absolute Gasteiger partial charge is 0.220 e. The van der Waals surface area contributed by atoms with E-state index in [1.165, 1.54) is 0 Å². The SMILES string of the molecule is CC.CCC(=O)NC1COC1. The Balaban J connectivity index is 0.000000461. The first-order valence-corrected chi connectivity index (χ1v) is 4.20. The van der Waals surface area contributed by atoms with Crippen molar-refractivity contribution in [2.45, 2.75) is 33.2 Å². The number of amides is 1. The molecule has 0 saturated carbocycles. The molecule has 1 heterocycles. The van der Waals surface area contributed by atoms with E-state index in [9.17, 15) is 4.79 Å². The predicted molar refractivity (Wildman–Crippen MR) is 44.4 cm³/mol. The van der Waals surface area contributed by atoms with Gasteiger partial charge in [-0.2, -0.15) is 0 Å². The number of hydrogen-bond donors (Lipinski definition) is 1. The van der Waals surface area contributed by atoms with Crippen LogP contribution in [-0.4, -0.2) is 25.2 Å². The Kier molecular flexibility index (Phi) is 5.84. The standard InChI is InChI=1S/C6H11NO2.C2H6/c1-2-6(8)7-5-3-9-4-5;1-2/h5H,2-4H2,1H3,(H,7,8);1-2H3. The maximum Gasteiger partial charge on any atom is 0.220 e. The summed E-state index contributed by atoms with van der Waals surface area (Å²) in [5.41, 5.74) is 0. The van der Waals surface area contributed by atoms with Gasteiger partial charge in [0.25, 0.3) is 0 Å². The van der Waals surface area contributed by atoms with Gasteiger partial charge in [0.1, 0.15) is 0 Å². The number of nitrogens with one attached hydrogen (secondary N) is 1. The molecule has 0 aromatic rings. The second-order valence-electron chi connectivity index (χ2n) is 2.16.